The molecule has 1 heterocycles. The van der Waals surface area contributed by atoms with Crippen molar-refractivity contribution in [3.05, 3.63) is 0 Å². The monoisotopic (exact) mass is 170 g/mol. The Balaban J connectivity index is 2.13. The molecule has 0 aromatic carbocycles. The third-order valence-corrected chi connectivity index (χ3v) is 2.28. The van der Waals surface area contributed by atoms with E-state index < -0.39 is 0 Å². The van der Waals surface area contributed by atoms with Crippen LogP contribution >= 0.6 is 0 Å². The van der Waals surface area contributed by atoms with Crippen LogP contribution in [0, 0.1) is 0 Å². The Morgan fingerprint density at radius 1 is 1.33 bits per heavy atom. The van der Waals surface area contributed by atoms with E-state index in [4.69, 9.17) is 0 Å². The van der Waals surface area contributed by atoms with Crippen molar-refractivity contribution in [1.82, 2.24) is 9.80 Å². The predicted molar refractivity (Wildman–Crippen MR) is 49.2 cm³/mol. The van der Waals surface area contributed by atoms with E-state index in [9.17, 15) is 4.79 Å². The van der Waals surface area contributed by atoms with E-state index in [1.807, 2.05) is 0 Å². The summed E-state index contributed by atoms with van der Waals surface area (Å²) >= 11 is 0. The Hall–Kier alpha value is -0.410. The Labute approximate surface area is 74.3 Å². The fourth-order valence-electron chi connectivity index (χ4n) is 1.37. The third-order valence-electron chi connectivity index (χ3n) is 2.28. The molecule has 1 saturated heterocycles. The zero-order valence-electron chi connectivity index (χ0n) is 8.05. The minimum absolute atomic E-state index is 0.427. The van der Waals surface area contributed by atoms with Crippen molar-refractivity contribution in [3.63, 3.8) is 0 Å². The molecule has 0 bridgehead atoms. The van der Waals surface area contributed by atoms with Crippen molar-refractivity contribution >= 4 is 5.78 Å². The minimum Gasteiger partial charge on any atom is -0.308 e. The zero-order chi connectivity index (χ0) is 8.97. The fraction of sp³-hybridized carbons (Fsp3) is 0.889. The Bertz CT molecular complexity index is 147. The van der Waals surface area contributed by atoms with E-state index >= 15 is 0 Å². The molecule has 1 rings (SSSR count). The van der Waals surface area contributed by atoms with Gasteiger partial charge >= 0.3 is 0 Å². The number of likely N-dealkylation sites (N-methyl/N-ethyl adjacent to an activating group) is 1. The summed E-state index contributed by atoms with van der Waals surface area (Å²) in [5.41, 5.74) is 0. The second kappa shape index (κ2) is 4.58. The molecule has 0 amide bonds. The second-order valence-electron chi connectivity index (χ2n) is 3.68. The first-order valence-corrected chi connectivity index (χ1v) is 4.57. The molecule has 0 aromatic rings. The Morgan fingerprint density at radius 2 is 1.92 bits per heavy atom. The van der Waals surface area contributed by atoms with Crippen molar-refractivity contribution in [2.75, 3.05) is 40.3 Å². The van der Waals surface area contributed by atoms with Crippen LogP contribution in [0.25, 0.3) is 0 Å². The molecule has 1 fully saturated rings. The van der Waals surface area contributed by atoms with E-state index in [0.29, 0.717) is 5.78 Å². The van der Waals surface area contributed by atoms with Crippen LogP contribution in [-0.2, 0) is 4.79 Å². The van der Waals surface area contributed by atoms with Gasteiger partial charge in [0.25, 0.3) is 0 Å². The lowest BCUT2D eigenvalue weighted by molar-refractivity contribution is -0.121. The molecule has 0 spiro atoms. The van der Waals surface area contributed by atoms with E-state index in [2.05, 4.69) is 23.9 Å². The number of hydrogen-bond acceptors (Lipinski definition) is 3. The number of piperidine rings is 1. The van der Waals surface area contributed by atoms with E-state index in [1.54, 1.807) is 0 Å². The van der Waals surface area contributed by atoms with Crippen molar-refractivity contribution < 1.29 is 4.79 Å². The largest absolute Gasteiger partial charge is 0.308 e. The Morgan fingerprint density at radius 3 is 2.42 bits per heavy atom. The van der Waals surface area contributed by atoms with Crippen LogP contribution in [0.1, 0.15) is 12.8 Å². The fourth-order valence-corrected chi connectivity index (χ4v) is 1.37. The van der Waals surface area contributed by atoms with Crippen molar-refractivity contribution in [1.29, 1.82) is 0 Å². The number of Topliss-reactive ketones (excluding diaryl/α,β-unsaturated/α-hetero) is 1. The highest BCUT2D eigenvalue weighted by Crippen LogP contribution is 2.04. The van der Waals surface area contributed by atoms with Crippen LogP contribution in [0.15, 0.2) is 0 Å². The number of ketones is 1. The van der Waals surface area contributed by atoms with Crippen molar-refractivity contribution in [3.8, 4) is 0 Å². The standard InChI is InChI=1S/C9H18N2O/c1-10(2)7-8-11-5-3-9(12)4-6-11/h3-8H2,1-2H3. The average molecular weight is 170 g/mol. The molecule has 0 aliphatic carbocycles. The van der Waals surface area contributed by atoms with E-state index in [-0.39, 0.29) is 0 Å². The first kappa shape index (κ1) is 9.68. The molecule has 12 heavy (non-hydrogen) atoms. The summed E-state index contributed by atoms with van der Waals surface area (Å²) < 4.78 is 0. The van der Waals surface area contributed by atoms with Gasteiger partial charge in [-0.2, -0.15) is 0 Å². The van der Waals surface area contributed by atoms with Gasteiger partial charge in [-0.1, -0.05) is 0 Å². The van der Waals surface area contributed by atoms with Crippen LogP contribution in [0.3, 0.4) is 0 Å². The molecular weight excluding hydrogens is 152 g/mol. The van der Waals surface area contributed by atoms with Crippen LogP contribution in [0.5, 0.6) is 0 Å². The quantitative estimate of drug-likeness (QED) is 0.605. The van der Waals surface area contributed by atoms with Crippen LogP contribution in [0.2, 0.25) is 0 Å². The predicted octanol–water partition coefficient (Wildman–Crippen LogP) is 0.213. The average Bonchev–Trinajstić information content (AvgIpc) is 2.03. The first-order valence-electron chi connectivity index (χ1n) is 4.57. The highest BCUT2D eigenvalue weighted by molar-refractivity contribution is 5.79. The lowest BCUT2D eigenvalue weighted by Gasteiger charge is -2.26. The van der Waals surface area contributed by atoms with Gasteiger partial charge in [0, 0.05) is 39.0 Å². The van der Waals surface area contributed by atoms with Crippen LogP contribution in [0.4, 0.5) is 0 Å². The SMILES string of the molecule is CN(C)CCN1CCC(=O)CC1. The normalized spacial score (nSPS) is 20.4. The summed E-state index contributed by atoms with van der Waals surface area (Å²) in [7, 11) is 4.16. The lowest BCUT2D eigenvalue weighted by atomic mass is 10.1. The topological polar surface area (TPSA) is 23.6 Å². The number of likely N-dealkylation sites (tertiary alicyclic amines) is 1. The molecule has 3 heteroatoms. The van der Waals surface area contributed by atoms with Gasteiger partial charge in [-0.25, -0.2) is 0 Å². The minimum atomic E-state index is 0.427. The molecule has 3 nitrogen and oxygen atoms in total. The summed E-state index contributed by atoms with van der Waals surface area (Å²) in [6.07, 6.45) is 1.51. The zero-order valence-corrected chi connectivity index (χ0v) is 8.05. The molecule has 70 valence electrons. The van der Waals surface area contributed by atoms with Gasteiger partial charge in [-0.3, -0.25) is 4.79 Å². The van der Waals surface area contributed by atoms with E-state index in [0.717, 1.165) is 39.0 Å². The molecule has 0 saturated carbocycles. The van der Waals surface area contributed by atoms with Crippen LogP contribution in [-0.4, -0.2) is 55.9 Å². The van der Waals surface area contributed by atoms with Gasteiger partial charge in [-0.15, -0.1) is 0 Å². The van der Waals surface area contributed by atoms with Crippen LogP contribution < -0.4 is 0 Å². The summed E-state index contributed by atoms with van der Waals surface area (Å²) in [4.78, 5) is 15.4. The van der Waals surface area contributed by atoms with Gasteiger partial charge in [0.2, 0.25) is 0 Å². The van der Waals surface area contributed by atoms with Gasteiger partial charge in [0.15, 0.2) is 0 Å². The maximum atomic E-state index is 10.9. The first-order chi connectivity index (χ1) is 5.68. The van der Waals surface area contributed by atoms with Gasteiger partial charge in [0.05, 0.1) is 0 Å². The molecular formula is C9H18N2O. The maximum Gasteiger partial charge on any atom is 0.135 e. The molecule has 1 aliphatic heterocycles. The van der Waals surface area contributed by atoms with Crippen molar-refractivity contribution in [2.45, 2.75) is 12.8 Å². The summed E-state index contributed by atoms with van der Waals surface area (Å²) in [5.74, 6) is 0.427. The molecule has 0 unspecified atom stereocenters. The number of carbonyl (C=O) groups excluding carboxylic acids is 1. The number of hydrogen-bond donors (Lipinski definition) is 0. The van der Waals surface area contributed by atoms with Gasteiger partial charge in [-0.05, 0) is 14.1 Å². The summed E-state index contributed by atoms with van der Waals surface area (Å²) in [5, 5.41) is 0. The summed E-state index contributed by atoms with van der Waals surface area (Å²) in [6, 6.07) is 0. The second-order valence-corrected chi connectivity index (χ2v) is 3.68. The summed E-state index contributed by atoms with van der Waals surface area (Å²) in [6.45, 7) is 4.12. The van der Waals surface area contributed by atoms with Gasteiger partial charge < -0.3 is 9.80 Å². The maximum absolute atomic E-state index is 10.9. The molecule has 0 aromatic heterocycles. The van der Waals surface area contributed by atoms with E-state index in [1.165, 1.54) is 0 Å². The molecule has 0 atom stereocenters. The lowest BCUT2D eigenvalue weighted by Crippen LogP contribution is -2.38. The number of carbonyl (C=O) groups is 1. The molecule has 1 aliphatic rings. The number of nitrogens with zero attached hydrogens (tertiary/aromatic N) is 2. The molecule has 0 radical (unpaired) electrons. The number of rotatable bonds is 3. The molecule has 0 N–H and O–H groups in total. The smallest absolute Gasteiger partial charge is 0.135 e. The Kier molecular flexibility index (Phi) is 3.69. The van der Waals surface area contributed by atoms with Crippen molar-refractivity contribution in [2.24, 2.45) is 0 Å². The highest BCUT2D eigenvalue weighted by Gasteiger charge is 2.15. The van der Waals surface area contributed by atoms with Gasteiger partial charge in [0.1, 0.15) is 5.78 Å². The highest BCUT2D eigenvalue weighted by atomic mass is 16.1. The third kappa shape index (κ3) is 3.32.